The van der Waals surface area contributed by atoms with Gasteiger partial charge in [-0.05, 0) is 83.9 Å². The van der Waals surface area contributed by atoms with Crippen LogP contribution in [0.2, 0.25) is 0 Å². The maximum absolute atomic E-state index is 6.98. The summed E-state index contributed by atoms with van der Waals surface area (Å²) in [7, 11) is 0. The SMILES string of the molecule is c1ccc(-n2c3ccccc3c3cc(-c4cccc5c4-c4ccc(-c6ccccn6)cc4Oc4ccccc4-c4ccccc4O5)ccc32)cc1. The summed E-state index contributed by atoms with van der Waals surface area (Å²) in [5, 5.41) is 2.39. The van der Waals surface area contributed by atoms with Crippen molar-refractivity contribution < 1.29 is 9.47 Å². The summed E-state index contributed by atoms with van der Waals surface area (Å²) in [5.41, 5.74) is 11.3. The number of nitrogens with zero attached hydrogens (tertiary/aromatic N) is 2. The Balaban J connectivity index is 1.24. The zero-order valence-corrected chi connectivity index (χ0v) is 27.5. The molecule has 1 aliphatic heterocycles. The van der Waals surface area contributed by atoms with Crippen molar-refractivity contribution in [3.05, 3.63) is 182 Å². The molecule has 240 valence electrons. The maximum atomic E-state index is 6.98. The molecule has 0 unspecified atom stereocenters. The molecule has 3 heterocycles. The predicted octanol–water partition coefficient (Wildman–Crippen LogP) is 12.7. The lowest BCUT2D eigenvalue weighted by Crippen LogP contribution is -1.99. The molecular weight excluding hydrogens is 625 g/mol. The first-order chi connectivity index (χ1) is 25.3. The number of pyridine rings is 1. The van der Waals surface area contributed by atoms with E-state index < -0.39 is 0 Å². The van der Waals surface area contributed by atoms with Crippen molar-refractivity contribution in [1.82, 2.24) is 9.55 Å². The van der Waals surface area contributed by atoms with Crippen molar-refractivity contribution >= 4 is 21.8 Å². The Kier molecular flexibility index (Phi) is 6.78. The molecule has 0 saturated carbocycles. The normalized spacial score (nSPS) is 11.8. The van der Waals surface area contributed by atoms with Crippen molar-refractivity contribution in [1.29, 1.82) is 0 Å². The highest BCUT2D eigenvalue weighted by atomic mass is 16.5. The number of ether oxygens (including phenoxy) is 2. The van der Waals surface area contributed by atoms with E-state index in [9.17, 15) is 0 Å². The Morgan fingerprint density at radius 2 is 1.04 bits per heavy atom. The van der Waals surface area contributed by atoms with Gasteiger partial charge in [0.25, 0.3) is 0 Å². The van der Waals surface area contributed by atoms with Gasteiger partial charge in [-0.1, -0.05) is 103 Å². The lowest BCUT2D eigenvalue weighted by Gasteiger charge is -2.23. The highest BCUT2D eigenvalue weighted by Gasteiger charge is 2.24. The van der Waals surface area contributed by atoms with E-state index in [1.807, 2.05) is 60.8 Å². The highest BCUT2D eigenvalue weighted by molar-refractivity contribution is 6.11. The van der Waals surface area contributed by atoms with Crippen LogP contribution >= 0.6 is 0 Å². The Morgan fingerprint density at radius 1 is 0.392 bits per heavy atom. The summed E-state index contributed by atoms with van der Waals surface area (Å²) in [6.45, 7) is 0. The lowest BCUT2D eigenvalue weighted by molar-refractivity contribution is 0.472. The van der Waals surface area contributed by atoms with Gasteiger partial charge in [0.1, 0.15) is 23.0 Å². The molecule has 4 nitrogen and oxygen atoms in total. The van der Waals surface area contributed by atoms with Crippen molar-refractivity contribution in [3.8, 4) is 73.3 Å². The topological polar surface area (TPSA) is 36.3 Å². The molecule has 7 aromatic carbocycles. The van der Waals surface area contributed by atoms with E-state index in [-0.39, 0.29) is 0 Å². The average molecular weight is 655 g/mol. The van der Waals surface area contributed by atoms with Gasteiger partial charge in [0.05, 0.1) is 16.7 Å². The van der Waals surface area contributed by atoms with Gasteiger partial charge in [0, 0.05) is 50.5 Å². The van der Waals surface area contributed by atoms with E-state index in [0.29, 0.717) is 0 Å². The molecular formula is C47H30N2O2. The molecule has 0 fully saturated rings. The second-order valence-corrected chi connectivity index (χ2v) is 12.7. The average Bonchev–Trinajstić information content (AvgIpc) is 3.53. The monoisotopic (exact) mass is 654 g/mol. The number of aromatic nitrogens is 2. The summed E-state index contributed by atoms with van der Waals surface area (Å²) in [6, 6.07) is 60.9. The van der Waals surface area contributed by atoms with Gasteiger partial charge in [0.2, 0.25) is 0 Å². The summed E-state index contributed by atoms with van der Waals surface area (Å²) >= 11 is 0. The zero-order chi connectivity index (χ0) is 33.7. The minimum atomic E-state index is 0.726. The standard InChI is InChI=1S/C47H30N2O2/c1-2-13-33(14-3-1)49-41-20-7-4-15-35(41)39-29-31(25-27-42(39)49)34-18-12-23-45-47(34)38-26-24-32(40-19-10-11-28-48-40)30-46(38)51-44-22-9-6-17-37(44)36-16-5-8-21-43(36)50-45/h1-30H. The first-order valence-corrected chi connectivity index (χ1v) is 17.1. The largest absolute Gasteiger partial charge is 0.456 e. The van der Waals surface area contributed by atoms with Crippen LogP contribution in [0.15, 0.2) is 182 Å². The van der Waals surface area contributed by atoms with Gasteiger partial charge in [-0.3, -0.25) is 4.98 Å². The van der Waals surface area contributed by atoms with Crippen LogP contribution in [0.25, 0.3) is 72.1 Å². The molecule has 0 saturated heterocycles. The fourth-order valence-electron chi connectivity index (χ4n) is 7.43. The minimum Gasteiger partial charge on any atom is -0.456 e. The second-order valence-electron chi connectivity index (χ2n) is 12.7. The van der Waals surface area contributed by atoms with Crippen LogP contribution in [0.4, 0.5) is 0 Å². The predicted molar refractivity (Wildman–Crippen MR) is 207 cm³/mol. The third-order valence-corrected chi connectivity index (χ3v) is 9.74. The molecule has 4 heteroatoms. The fourth-order valence-corrected chi connectivity index (χ4v) is 7.43. The van der Waals surface area contributed by atoms with Crippen LogP contribution in [-0.2, 0) is 0 Å². The molecule has 10 rings (SSSR count). The lowest BCUT2D eigenvalue weighted by atomic mass is 9.91. The maximum Gasteiger partial charge on any atom is 0.136 e. The summed E-state index contributed by atoms with van der Waals surface area (Å²) in [5.74, 6) is 3.00. The first-order valence-electron chi connectivity index (χ1n) is 17.1. The Bertz CT molecular complexity index is 2750. The van der Waals surface area contributed by atoms with Crippen molar-refractivity contribution in [2.45, 2.75) is 0 Å². The number of rotatable bonds is 3. The molecule has 0 aliphatic carbocycles. The second kappa shape index (κ2) is 11.9. The summed E-state index contributed by atoms with van der Waals surface area (Å²) in [4.78, 5) is 4.65. The molecule has 0 spiro atoms. The van der Waals surface area contributed by atoms with Gasteiger partial charge < -0.3 is 14.0 Å². The zero-order valence-electron chi connectivity index (χ0n) is 27.5. The molecule has 9 aromatic rings. The third-order valence-electron chi connectivity index (χ3n) is 9.74. The quantitative estimate of drug-likeness (QED) is 0.190. The van der Waals surface area contributed by atoms with E-state index in [1.54, 1.807) is 0 Å². The van der Waals surface area contributed by atoms with Gasteiger partial charge in [-0.25, -0.2) is 0 Å². The van der Waals surface area contributed by atoms with Crippen molar-refractivity contribution in [2.75, 3.05) is 0 Å². The molecule has 2 aromatic heterocycles. The van der Waals surface area contributed by atoms with Gasteiger partial charge >= 0.3 is 0 Å². The number of hydrogen-bond donors (Lipinski definition) is 0. The summed E-state index contributed by atoms with van der Waals surface area (Å²) < 4.78 is 16.3. The molecule has 0 bridgehead atoms. The van der Waals surface area contributed by atoms with E-state index in [2.05, 4.69) is 131 Å². The molecule has 0 amide bonds. The van der Waals surface area contributed by atoms with Gasteiger partial charge in [-0.15, -0.1) is 0 Å². The number of fused-ring (bicyclic) bond motifs is 9. The third kappa shape index (κ3) is 4.88. The van der Waals surface area contributed by atoms with Crippen LogP contribution in [0.1, 0.15) is 0 Å². The Morgan fingerprint density at radius 3 is 1.84 bits per heavy atom. The molecule has 0 N–H and O–H groups in total. The number of benzene rings is 7. The molecule has 51 heavy (non-hydrogen) atoms. The number of hydrogen-bond acceptors (Lipinski definition) is 3. The highest BCUT2D eigenvalue weighted by Crippen LogP contribution is 2.50. The van der Waals surface area contributed by atoms with Crippen molar-refractivity contribution in [2.24, 2.45) is 0 Å². The van der Waals surface area contributed by atoms with E-state index in [4.69, 9.17) is 9.47 Å². The van der Waals surface area contributed by atoms with Crippen LogP contribution < -0.4 is 9.47 Å². The van der Waals surface area contributed by atoms with Crippen molar-refractivity contribution in [3.63, 3.8) is 0 Å². The molecule has 1 aliphatic rings. The van der Waals surface area contributed by atoms with Crippen LogP contribution in [0, 0.1) is 0 Å². The van der Waals surface area contributed by atoms with Crippen LogP contribution in [0.3, 0.4) is 0 Å². The van der Waals surface area contributed by atoms with Gasteiger partial charge in [0.15, 0.2) is 0 Å². The molecule has 0 radical (unpaired) electrons. The summed E-state index contributed by atoms with van der Waals surface area (Å²) in [6.07, 6.45) is 1.82. The Labute approximate surface area is 295 Å². The van der Waals surface area contributed by atoms with Crippen LogP contribution in [-0.4, -0.2) is 9.55 Å². The number of para-hydroxylation sites is 4. The van der Waals surface area contributed by atoms with Crippen LogP contribution in [0.5, 0.6) is 23.0 Å². The van der Waals surface area contributed by atoms with E-state index >= 15 is 0 Å². The van der Waals surface area contributed by atoms with E-state index in [0.717, 1.165) is 78.8 Å². The van der Waals surface area contributed by atoms with E-state index in [1.165, 1.54) is 16.3 Å². The molecule has 0 atom stereocenters. The Hall–Kier alpha value is -6.91. The smallest absolute Gasteiger partial charge is 0.136 e. The van der Waals surface area contributed by atoms with Gasteiger partial charge in [-0.2, -0.15) is 0 Å². The fraction of sp³-hybridized carbons (Fsp3) is 0. The first kappa shape index (κ1) is 29.0. The minimum absolute atomic E-state index is 0.726.